The van der Waals surface area contributed by atoms with Gasteiger partial charge in [0.05, 0.1) is 0 Å². The summed E-state index contributed by atoms with van der Waals surface area (Å²) in [5.74, 6) is -4.24. The van der Waals surface area contributed by atoms with Gasteiger partial charge in [0.1, 0.15) is 0 Å². The van der Waals surface area contributed by atoms with E-state index < -0.39 is 11.9 Å². The molecule has 0 unspecified atom stereocenters. The zero-order chi connectivity index (χ0) is 17.8. The van der Waals surface area contributed by atoms with Crippen molar-refractivity contribution in [3.05, 3.63) is 91.0 Å². The van der Waals surface area contributed by atoms with E-state index >= 15 is 0 Å². The Labute approximate surface area is 152 Å². The van der Waals surface area contributed by atoms with Crippen LogP contribution in [0, 0.1) is 0 Å². The Hall–Kier alpha value is -2.15. The van der Waals surface area contributed by atoms with E-state index in [1.807, 2.05) is 91.0 Å². The Morgan fingerprint density at radius 3 is 1.32 bits per heavy atom. The number of carbonyl (C=O) groups is 1. The molecule has 25 heavy (non-hydrogen) atoms. The average Bonchev–Trinajstić information content (AvgIpc) is 2.68. The molecule has 0 saturated heterocycles. The van der Waals surface area contributed by atoms with Crippen molar-refractivity contribution in [2.24, 2.45) is 0 Å². The summed E-state index contributed by atoms with van der Waals surface area (Å²) in [7, 11) is 0. The molecule has 4 heteroatoms. The van der Waals surface area contributed by atoms with Crippen LogP contribution in [0.15, 0.2) is 91.0 Å². The van der Waals surface area contributed by atoms with E-state index in [1.165, 1.54) is 0 Å². The summed E-state index contributed by atoms with van der Waals surface area (Å²) in [6.45, 7) is 0. The topological polar surface area (TPSA) is 37.3 Å². The molecule has 0 atom stereocenters. The van der Waals surface area contributed by atoms with Gasteiger partial charge in [0, 0.05) is 0 Å². The zero-order valence-corrected chi connectivity index (χ0v) is 15.4. The van der Waals surface area contributed by atoms with Gasteiger partial charge in [-0.1, -0.05) is 0 Å². The van der Waals surface area contributed by atoms with Crippen LogP contribution in [0.4, 0.5) is 0 Å². The first-order valence-electron chi connectivity index (χ1n) is 8.17. The van der Waals surface area contributed by atoms with E-state index in [1.54, 1.807) is 0 Å². The summed E-state index contributed by atoms with van der Waals surface area (Å²) >= 11 is 7.69. The molecule has 0 bridgehead atoms. The van der Waals surface area contributed by atoms with Crippen LogP contribution in [0.5, 0.6) is 0 Å². The molecular weight excluding hydrogens is 351 g/mol. The second-order valence-electron chi connectivity index (χ2n) is 6.06. The minimum absolute atomic E-state index is 0.0139. The number of hydrogen-bond donors (Lipinski definition) is 1. The van der Waals surface area contributed by atoms with Crippen molar-refractivity contribution in [2.75, 3.05) is 6.16 Å². The van der Waals surface area contributed by atoms with Crippen molar-refractivity contribution in [2.45, 2.75) is 6.42 Å². The van der Waals surface area contributed by atoms with Crippen LogP contribution in [-0.4, -0.2) is 17.2 Å². The number of aliphatic carboxylic acids is 1. The summed E-state index contributed by atoms with van der Waals surface area (Å²) in [5, 5.41) is 12.4. The van der Waals surface area contributed by atoms with Crippen molar-refractivity contribution >= 4 is 39.1 Å². The Morgan fingerprint density at radius 2 is 1.04 bits per heavy atom. The van der Waals surface area contributed by atoms with E-state index in [4.69, 9.17) is 11.2 Å². The van der Waals surface area contributed by atoms with Gasteiger partial charge in [-0.3, -0.25) is 0 Å². The SMILES string of the molecule is O=C(O)CCP(Cl)(c1ccccc1)(c1ccccc1)c1ccccc1. The summed E-state index contributed by atoms with van der Waals surface area (Å²) in [4.78, 5) is 11.4. The minimum atomic E-state index is -3.40. The second kappa shape index (κ2) is 7.00. The quantitative estimate of drug-likeness (QED) is 0.662. The van der Waals surface area contributed by atoms with Gasteiger partial charge < -0.3 is 0 Å². The fourth-order valence-electron chi connectivity index (χ4n) is 3.36. The molecule has 0 aliphatic carbocycles. The Kier molecular flexibility index (Phi) is 4.94. The third kappa shape index (κ3) is 3.08. The summed E-state index contributed by atoms with van der Waals surface area (Å²) in [5.41, 5.74) is 0. The number of halogens is 1. The van der Waals surface area contributed by atoms with Crippen LogP contribution in [-0.2, 0) is 4.79 Å². The number of benzene rings is 3. The molecule has 1 N–H and O–H groups in total. The number of carboxylic acid groups (broad SMARTS) is 1. The third-order valence-corrected chi connectivity index (χ3v) is 12.1. The molecule has 0 radical (unpaired) electrons. The Balaban J connectivity index is 2.38. The van der Waals surface area contributed by atoms with Crippen LogP contribution in [0.1, 0.15) is 6.42 Å². The summed E-state index contributed by atoms with van der Waals surface area (Å²) in [6.07, 6.45) is 0.389. The van der Waals surface area contributed by atoms with Crippen molar-refractivity contribution in [3.63, 3.8) is 0 Å². The van der Waals surface area contributed by atoms with E-state index in [0.717, 1.165) is 15.9 Å². The fourth-order valence-corrected chi connectivity index (χ4v) is 9.29. The van der Waals surface area contributed by atoms with Gasteiger partial charge in [-0.2, -0.15) is 0 Å². The van der Waals surface area contributed by atoms with Crippen molar-refractivity contribution in [3.8, 4) is 0 Å². The van der Waals surface area contributed by atoms with E-state index in [9.17, 15) is 9.90 Å². The molecule has 3 aromatic carbocycles. The number of rotatable bonds is 6. The van der Waals surface area contributed by atoms with E-state index in [-0.39, 0.29) is 6.42 Å². The number of carboxylic acids is 1. The van der Waals surface area contributed by atoms with E-state index in [0.29, 0.717) is 6.16 Å². The van der Waals surface area contributed by atoms with Crippen LogP contribution in [0.2, 0.25) is 0 Å². The molecule has 0 saturated carbocycles. The normalized spacial score (nSPS) is 12.9. The van der Waals surface area contributed by atoms with Crippen LogP contribution in [0.3, 0.4) is 0 Å². The molecule has 0 aromatic heterocycles. The van der Waals surface area contributed by atoms with Gasteiger partial charge in [0.2, 0.25) is 0 Å². The molecule has 0 fully saturated rings. The van der Waals surface area contributed by atoms with Gasteiger partial charge in [-0.05, 0) is 0 Å². The van der Waals surface area contributed by atoms with Gasteiger partial charge in [-0.25, -0.2) is 0 Å². The Bertz CT molecular complexity index is 751. The van der Waals surface area contributed by atoms with Gasteiger partial charge >= 0.3 is 153 Å². The molecule has 0 spiro atoms. The molecule has 0 heterocycles. The maximum absolute atomic E-state index is 11.4. The van der Waals surface area contributed by atoms with Crippen molar-refractivity contribution < 1.29 is 9.90 Å². The summed E-state index contributed by atoms with van der Waals surface area (Å²) in [6, 6.07) is 29.8. The first-order chi connectivity index (χ1) is 12.1. The van der Waals surface area contributed by atoms with Gasteiger partial charge in [0.15, 0.2) is 0 Å². The molecule has 2 nitrogen and oxygen atoms in total. The maximum atomic E-state index is 11.4. The van der Waals surface area contributed by atoms with Crippen LogP contribution >= 0.6 is 17.2 Å². The van der Waals surface area contributed by atoms with E-state index in [2.05, 4.69) is 0 Å². The predicted molar refractivity (Wildman–Crippen MR) is 108 cm³/mol. The predicted octanol–water partition coefficient (Wildman–Crippen LogP) is 4.14. The molecule has 0 aliphatic heterocycles. The standard InChI is InChI=1S/C21H20ClO2P/c22-25(17-16-21(23)24,18-10-4-1-5-11-18,19-12-6-2-7-13-19)20-14-8-3-9-15-20/h1-15H,16-17H2,(H,23,24). The molecule has 3 aromatic rings. The molecule has 0 aliphatic rings. The summed E-state index contributed by atoms with van der Waals surface area (Å²) < 4.78 is 0. The number of hydrogen-bond acceptors (Lipinski definition) is 1. The van der Waals surface area contributed by atoms with Crippen LogP contribution < -0.4 is 15.9 Å². The van der Waals surface area contributed by atoms with Gasteiger partial charge in [0.25, 0.3) is 0 Å². The molecule has 128 valence electrons. The fraction of sp³-hybridized carbons (Fsp3) is 0.0952. The van der Waals surface area contributed by atoms with Crippen molar-refractivity contribution in [1.82, 2.24) is 0 Å². The van der Waals surface area contributed by atoms with Crippen molar-refractivity contribution in [1.29, 1.82) is 0 Å². The zero-order valence-electron chi connectivity index (χ0n) is 13.8. The second-order valence-corrected chi connectivity index (χ2v) is 12.7. The monoisotopic (exact) mass is 370 g/mol. The van der Waals surface area contributed by atoms with Gasteiger partial charge in [-0.15, -0.1) is 0 Å². The third-order valence-electron chi connectivity index (χ3n) is 4.63. The molecule has 3 rings (SSSR count). The van der Waals surface area contributed by atoms with Crippen LogP contribution in [0.25, 0.3) is 0 Å². The Morgan fingerprint density at radius 1 is 0.720 bits per heavy atom. The molecule has 0 amide bonds. The first kappa shape index (κ1) is 17.7. The molecular formula is C21H20ClO2P. The average molecular weight is 371 g/mol. The first-order valence-corrected chi connectivity index (χ1v) is 11.5.